The molecule has 1 aromatic rings. The van der Waals surface area contributed by atoms with E-state index in [1.54, 1.807) is 4.68 Å². The Morgan fingerprint density at radius 2 is 2.11 bits per heavy atom. The molecular weight excluding hydrogens is 246 g/mol. The second-order valence-electron chi connectivity index (χ2n) is 4.32. The highest BCUT2D eigenvalue weighted by molar-refractivity contribution is 5.46. The molecule has 1 aromatic heterocycles. The molecule has 0 fully saturated rings. The number of aliphatic hydroxyl groups is 1. The van der Waals surface area contributed by atoms with Crippen LogP contribution in [-0.2, 0) is 22.9 Å². The van der Waals surface area contributed by atoms with Gasteiger partial charge in [0.15, 0.2) is 0 Å². The SMILES string of the molecule is CCOCCOCC(O)CNc1cn(C)nc1CC. The van der Waals surface area contributed by atoms with E-state index >= 15 is 0 Å². The van der Waals surface area contributed by atoms with E-state index in [0.29, 0.717) is 33.0 Å². The van der Waals surface area contributed by atoms with Crippen LogP contribution in [0.5, 0.6) is 0 Å². The summed E-state index contributed by atoms with van der Waals surface area (Å²) in [5.41, 5.74) is 1.98. The molecule has 0 aliphatic carbocycles. The summed E-state index contributed by atoms with van der Waals surface area (Å²) in [5, 5.41) is 17.3. The van der Waals surface area contributed by atoms with E-state index in [-0.39, 0.29) is 0 Å². The molecule has 110 valence electrons. The van der Waals surface area contributed by atoms with E-state index in [1.165, 1.54) is 0 Å². The first-order valence-corrected chi connectivity index (χ1v) is 6.77. The highest BCUT2D eigenvalue weighted by atomic mass is 16.5. The molecule has 19 heavy (non-hydrogen) atoms. The van der Waals surface area contributed by atoms with Crippen molar-refractivity contribution in [2.45, 2.75) is 26.4 Å². The van der Waals surface area contributed by atoms with Crippen LogP contribution in [-0.4, -0.2) is 54.0 Å². The van der Waals surface area contributed by atoms with Crippen molar-refractivity contribution in [1.29, 1.82) is 0 Å². The molecule has 0 saturated heterocycles. The van der Waals surface area contributed by atoms with Crippen LogP contribution in [0, 0.1) is 0 Å². The lowest BCUT2D eigenvalue weighted by Gasteiger charge is -2.13. The first-order valence-electron chi connectivity index (χ1n) is 6.77. The highest BCUT2D eigenvalue weighted by Crippen LogP contribution is 2.13. The van der Waals surface area contributed by atoms with Crippen LogP contribution in [0.3, 0.4) is 0 Å². The molecule has 0 amide bonds. The van der Waals surface area contributed by atoms with Crippen LogP contribution in [0.4, 0.5) is 5.69 Å². The Morgan fingerprint density at radius 1 is 1.37 bits per heavy atom. The molecule has 0 spiro atoms. The Labute approximate surface area is 114 Å². The summed E-state index contributed by atoms with van der Waals surface area (Å²) in [5.74, 6) is 0. The standard InChI is InChI=1S/C13H25N3O3/c1-4-12-13(9-16(3)15-12)14-8-11(17)10-19-7-6-18-5-2/h9,11,14,17H,4-8,10H2,1-3H3. The van der Waals surface area contributed by atoms with Gasteiger partial charge in [-0.05, 0) is 13.3 Å². The fourth-order valence-electron chi connectivity index (χ4n) is 1.71. The van der Waals surface area contributed by atoms with Gasteiger partial charge in [-0.3, -0.25) is 4.68 Å². The fourth-order valence-corrected chi connectivity index (χ4v) is 1.71. The topological polar surface area (TPSA) is 68.5 Å². The van der Waals surface area contributed by atoms with Gasteiger partial charge in [0.2, 0.25) is 0 Å². The molecule has 0 bridgehead atoms. The van der Waals surface area contributed by atoms with E-state index < -0.39 is 6.10 Å². The van der Waals surface area contributed by atoms with Gasteiger partial charge in [-0.25, -0.2) is 0 Å². The smallest absolute Gasteiger partial charge is 0.0945 e. The van der Waals surface area contributed by atoms with Gasteiger partial charge in [0, 0.05) is 26.4 Å². The summed E-state index contributed by atoms with van der Waals surface area (Å²) < 4.78 is 12.2. The van der Waals surface area contributed by atoms with E-state index in [2.05, 4.69) is 17.3 Å². The van der Waals surface area contributed by atoms with Gasteiger partial charge >= 0.3 is 0 Å². The molecule has 6 nitrogen and oxygen atoms in total. The maximum absolute atomic E-state index is 9.78. The monoisotopic (exact) mass is 271 g/mol. The molecule has 2 N–H and O–H groups in total. The van der Waals surface area contributed by atoms with E-state index in [1.807, 2.05) is 20.2 Å². The number of anilines is 1. The zero-order valence-corrected chi connectivity index (χ0v) is 12.1. The van der Waals surface area contributed by atoms with Crippen molar-refractivity contribution in [3.63, 3.8) is 0 Å². The lowest BCUT2D eigenvalue weighted by Crippen LogP contribution is -2.25. The third-order valence-electron chi connectivity index (χ3n) is 2.65. The zero-order chi connectivity index (χ0) is 14.1. The third kappa shape index (κ3) is 6.04. The Hall–Kier alpha value is -1.11. The van der Waals surface area contributed by atoms with Crippen molar-refractivity contribution in [1.82, 2.24) is 9.78 Å². The number of aromatic nitrogens is 2. The van der Waals surface area contributed by atoms with Gasteiger partial charge in [-0.15, -0.1) is 0 Å². The summed E-state index contributed by atoms with van der Waals surface area (Å²) in [4.78, 5) is 0. The van der Waals surface area contributed by atoms with Gasteiger partial charge in [-0.1, -0.05) is 6.92 Å². The molecule has 0 aliphatic rings. The van der Waals surface area contributed by atoms with Gasteiger partial charge in [0.1, 0.15) is 0 Å². The molecule has 0 radical (unpaired) electrons. The van der Waals surface area contributed by atoms with Crippen LogP contribution in [0.1, 0.15) is 19.5 Å². The third-order valence-corrected chi connectivity index (χ3v) is 2.65. The molecule has 0 saturated carbocycles. The van der Waals surface area contributed by atoms with E-state index in [9.17, 15) is 5.11 Å². The van der Waals surface area contributed by atoms with Crippen molar-refractivity contribution in [2.24, 2.45) is 7.05 Å². The largest absolute Gasteiger partial charge is 0.389 e. The van der Waals surface area contributed by atoms with Crippen molar-refractivity contribution >= 4 is 5.69 Å². The second-order valence-corrected chi connectivity index (χ2v) is 4.32. The number of hydrogen-bond donors (Lipinski definition) is 2. The molecule has 0 aromatic carbocycles. The average molecular weight is 271 g/mol. The predicted octanol–water partition coefficient (Wildman–Crippen LogP) is 0.808. The number of aliphatic hydroxyl groups excluding tert-OH is 1. The van der Waals surface area contributed by atoms with Crippen molar-refractivity contribution in [2.75, 3.05) is 38.3 Å². The van der Waals surface area contributed by atoms with Crippen molar-refractivity contribution < 1.29 is 14.6 Å². The number of aryl methyl sites for hydroxylation is 2. The second kappa shape index (κ2) is 8.90. The molecule has 1 rings (SSSR count). The highest BCUT2D eigenvalue weighted by Gasteiger charge is 2.08. The molecule has 1 atom stereocenters. The number of nitrogens with one attached hydrogen (secondary N) is 1. The first kappa shape index (κ1) is 15.9. The fraction of sp³-hybridized carbons (Fsp3) is 0.769. The van der Waals surface area contributed by atoms with Crippen LogP contribution in [0.15, 0.2) is 6.20 Å². The van der Waals surface area contributed by atoms with Gasteiger partial charge in [0.25, 0.3) is 0 Å². The van der Waals surface area contributed by atoms with Crippen LogP contribution in [0.25, 0.3) is 0 Å². The molecule has 1 heterocycles. The van der Waals surface area contributed by atoms with Crippen molar-refractivity contribution in [3.8, 4) is 0 Å². The van der Waals surface area contributed by atoms with Crippen molar-refractivity contribution in [3.05, 3.63) is 11.9 Å². The summed E-state index contributed by atoms with van der Waals surface area (Å²) in [7, 11) is 1.89. The predicted molar refractivity (Wildman–Crippen MR) is 74.4 cm³/mol. The minimum absolute atomic E-state index is 0.307. The quantitative estimate of drug-likeness (QED) is 0.616. The molecule has 6 heteroatoms. The van der Waals surface area contributed by atoms with Crippen LogP contribution >= 0.6 is 0 Å². The maximum atomic E-state index is 9.78. The van der Waals surface area contributed by atoms with E-state index in [0.717, 1.165) is 17.8 Å². The number of nitrogens with zero attached hydrogens (tertiary/aromatic N) is 2. The lowest BCUT2D eigenvalue weighted by molar-refractivity contribution is 0.0103. The summed E-state index contributed by atoms with van der Waals surface area (Å²) >= 11 is 0. The van der Waals surface area contributed by atoms with Gasteiger partial charge in [-0.2, -0.15) is 5.10 Å². The molecule has 1 unspecified atom stereocenters. The zero-order valence-electron chi connectivity index (χ0n) is 12.1. The summed E-state index contributed by atoms with van der Waals surface area (Å²) in [6.45, 7) is 6.53. The number of rotatable bonds is 10. The number of hydrogen-bond acceptors (Lipinski definition) is 5. The lowest BCUT2D eigenvalue weighted by atomic mass is 10.3. The Morgan fingerprint density at radius 3 is 2.79 bits per heavy atom. The minimum atomic E-state index is -0.536. The molecular formula is C13H25N3O3. The minimum Gasteiger partial charge on any atom is -0.389 e. The average Bonchev–Trinajstić information content (AvgIpc) is 2.76. The molecule has 0 aliphatic heterocycles. The van der Waals surface area contributed by atoms with Gasteiger partial charge in [0.05, 0.1) is 37.3 Å². The van der Waals surface area contributed by atoms with E-state index in [4.69, 9.17) is 9.47 Å². The van der Waals surface area contributed by atoms with Crippen LogP contribution < -0.4 is 5.32 Å². The Balaban J connectivity index is 2.20. The number of ether oxygens (including phenoxy) is 2. The Kier molecular flexibility index (Phi) is 7.47. The first-order chi connectivity index (χ1) is 9.17. The summed E-state index contributed by atoms with van der Waals surface area (Å²) in [6, 6.07) is 0. The maximum Gasteiger partial charge on any atom is 0.0945 e. The van der Waals surface area contributed by atoms with Gasteiger partial charge < -0.3 is 19.9 Å². The summed E-state index contributed by atoms with van der Waals surface area (Å²) in [6.07, 6.45) is 2.25. The normalized spacial score (nSPS) is 12.6. The van der Waals surface area contributed by atoms with Crippen LogP contribution in [0.2, 0.25) is 0 Å². The Bertz CT molecular complexity index is 355.